The van der Waals surface area contributed by atoms with Gasteiger partial charge in [0.2, 0.25) is 5.88 Å². The van der Waals surface area contributed by atoms with E-state index >= 15 is 0 Å². The average molecular weight is 338 g/mol. The zero-order valence-electron chi connectivity index (χ0n) is 10.1. The predicted octanol–water partition coefficient (Wildman–Crippen LogP) is 3.87. The summed E-state index contributed by atoms with van der Waals surface area (Å²) in [5.74, 6) is -0.834. The fourth-order valence-corrected chi connectivity index (χ4v) is 1.79. The molecule has 0 radical (unpaired) electrons. The number of hydrogen-bond acceptors (Lipinski definition) is 3. The number of carbonyl (C=O) groups is 1. The first-order valence-corrected chi connectivity index (χ1v) is 6.34. The molecule has 6 heteroatoms. The summed E-state index contributed by atoms with van der Waals surface area (Å²) in [6, 6.07) is 7.51. The minimum Gasteiger partial charge on any atom is -0.478 e. The Morgan fingerprint density at radius 3 is 2.90 bits per heavy atom. The van der Waals surface area contributed by atoms with Gasteiger partial charge in [-0.05, 0) is 52.3 Å². The predicted molar refractivity (Wildman–Crippen MR) is 75.1 cm³/mol. The summed E-state index contributed by atoms with van der Waals surface area (Å²) in [7, 11) is 0. The molecule has 0 spiro atoms. The Labute approximate surface area is 122 Å². The quantitative estimate of drug-likeness (QED) is 0.860. The van der Waals surface area contributed by atoms with Crippen LogP contribution in [0, 0.1) is 5.82 Å². The Hall–Kier alpha value is -2.21. The monoisotopic (exact) mass is 337 g/mol. The molecule has 1 aromatic heterocycles. The van der Waals surface area contributed by atoms with Gasteiger partial charge in [-0.3, -0.25) is 0 Å². The van der Waals surface area contributed by atoms with Crippen molar-refractivity contribution in [1.29, 1.82) is 0 Å². The van der Waals surface area contributed by atoms with Gasteiger partial charge in [0.15, 0.2) is 0 Å². The second-order valence-corrected chi connectivity index (χ2v) is 4.60. The van der Waals surface area contributed by atoms with Gasteiger partial charge in [0.1, 0.15) is 11.6 Å². The first kappa shape index (κ1) is 14.2. The second-order valence-electron chi connectivity index (χ2n) is 3.75. The van der Waals surface area contributed by atoms with E-state index in [4.69, 9.17) is 9.84 Å². The molecule has 0 atom stereocenters. The van der Waals surface area contributed by atoms with Crippen LogP contribution in [-0.2, 0) is 4.79 Å². The molecule has 1 aromatic carbocycles. The van der Waals surface area contributed by atoms with Crippen molar-refractivity contribution < 1.29 is 19.0 Å². The summed E-state index contributed by atoms with van der Waals surface area (Å²) < 4.78 is 18.9. The van der Waals surface area contributed by atoms with Gasteiger partial charge < -0.3 is 9.84 Å². The lowest BCUT2D eigenvalue weighted by Gasteiger charge is -2.07. The highest BCUT2D eigenvalue weighted by molar-refractivity contribution is 9.10. The molecule has 0 aliphatic rings. The van der Waals surface area contributed by atoms with Crippen LogP contribution in [0.1, 0.15) is 5.56 Å². The largest absolute Gasteiger partial charge is 0.478 e. The van der Waals surface area contributed by atoms with Crippen molar-refractivity contribution in [3.63, 3.8) is 0 Å². The van der Waals surface area contributed by atoms with Gasteiger partial charge in [0.05, 0.1) is 4.47 Å². The van der Waals surface area contributed by atoms with E-state index in [1.807, 2.05) is 0 Å². The molecule has 4 nitrogen and oxygen atoms in total. The Morgan fingerprint density at radius 1 is 1.40 bits per heavy atom. The van der Waals surface area contributed by atoms with Crippen LogP contribution in [0.3, 0.4) is 0 Å². The minimum absolute atomic E-state index is 0.239. The zero-order valence-corrected chi connectivity index (χ0v) is 11.7. The molecule has 0 bridgehead atoms. The van der Waals surface area contributed by atoms with Crippen LogP contribution in [0.15, 0.2) is 47.1 Å². The van der Waals surface area contributed by atoms with E-state index < -0.39 is 11.8 Å². The summed E-state index contributed by atoms with van der Waals surface area (Å²) in [6.45, 7) is 0. The Kier molecular flexibility index (Phi) is 4.47. The number of aliphatic carboxylic acids is 1. The molecule has 20 heavy (non-hydrogen) atoms. The molecule has 0 aliphatic carbocycles. The molecule has 1 N–H and O–H groups in total. The van der Waals surface area contributed by atoms with Crippen molar-refractivity contribution >= 4 is 28.0 Å². The number of benzene rings is 1. The first-order chi connectivity index (χ1) is 9.56. The van der Waals surface area contributed by atoms with Gasteiger partial charge in [-0.15, -0.1) is 0 Å². The number of rotatable bonds is 4. The van der Waals surface area contributed by atoms with Crippen LogP contribution < -0.4 is 4.74 Å². The maximum absolute atomic E-state index is 13.1. The summed E-state index contributed by atoms with van der Waals surface area (Å²) in [4.78, 5) is 14.6. The lowest BCUT2D eigenvalue weighted by molar-refractivity contribution is -0.131. The molecule has 0 saturated carbocycles. The van der Waals surface area contributed by atoms with E-state index in [1.165, 1.54) is 30.5 Å². The number of carboxylic acid groups (broad SMARTS) is 1. The standard InChI is InChI=1S/C14H9BrFNO3/c15-11-8-10(4-5-12(11)16)20-14-9(2-1-7-17-14)3-6-13(18)19/h1-8H,(H,18,19)/b6-3+. The van der Waals surface area contributed by atoms with Crippen LogP contribution >= 0.6 is 15.9 Å². The van der Waals surface area contributed by atoms with Gasteiger partial charge in [-0.2, -0.15) is 0 Å². The van der Waals surface area contributed by atoms with Gasteiger partial charge in [-0.1, -0.05) is 0 Å². The molecule has 0 amide bonds. The highest BCUT2D eigenvalue weighted by atomic mass is 79.9. The molecule has 0 aliphatic heterocycles. The molecular weight excluding hydrogens is 329 g/mol. The van der Waals surface area contributed by atoms with Crippen molar-refractivity contribution in [1.82, 2.24) is 4.98 Å². The topological polar surface area (TPSA) is 59.4 Å². The fourth-order valence-electron chi connectivity index (χ4n) is 1.43. The maximum Gasteiger partial charge on any atom is 0.328 e. The lowest BCUT2D eigenvalue weighted by Crippen LogP contribution is -1.92. The van der Waals surface area contributed by atoms with E-state index in [9.17, 15) is 9.18 Å². The second kappa shape index (κ2) is 6.29. The van der Waals surface area contributed by atoms with Crippen molar-refractivity contribution in [3.05, 3.63) is 58.5 Å². The van der Waals surface area contributed by atoms with E-state index in [1.54, 1.807) is 12.1 Å². The highest BCUT2D eigenvalue weighted by Crippen LogP contribution is 2.27. The molecule has 2 rings (SSSR count). The van der Waals surface area contributed by atoms with E-state index in [-0.39, 0.29) is 10.4 Å². The van der Waals surface area contributed by atoms with Gasteiger partial charge >= 0.3 is 5.97 Å². The third kappa shape index (κ3) is 3.64. The molecule has 0 fully saturated rings. The van der Waals surface area contributed by atoms with Crippen LogP contribution in [-0.4, -0.2) is 16.1 Å². The number of ether oxygens (including phenoxy) is 1. The van der Waals surface area contributed by atoms with Crippen molar-refractivity contribution in [2.45, 2.75) is 0 Å². The number of halogens is 2. The maximum atomic E-state index is 13.1. The van der Waals surface area contributed by atoms with E-state index in [2.05, 4.69) is 20.9 Å². The number of hydrogen-bond donors (Lipinski definition) is 1. The number of nitrogens with zero attached hydrogens (tertiary/aromatic N) is 1. The molecule has 1 heterocycles. The Balaban J connectivity index is 2.29. The van der Waals surface area contributed by atoms with Crippen molar-refractivity contribution in [2.75, 3.05) is 0 Å². The van der Waals surface area contributed by atoms with Gasteiger partial charge in [-0.25, -0.2) is 14.2 Å². The van der Waals surface area contributed by atoms with Gasteiger partial charge in [0.25, 0.3) is 0 Å². The highest BCUT2D eigenvalue weighted by Gasteiger charge is 2.06. The Morgan fingerprint density at radius 2 is 2.20 bits per heavy atom. The normalized spacial score (nSPS) is 10.7. The molecule has 2 aromatic rings. The third-order valence-corrected chi connectivity index (χ3v) is 2.92. The van der Waals surface area contributed by atoms with E-state index in [0.717, 1.165) is 6.08 Å². The van der Waals surface area contributed by atoms with E-state index in [0.29, 0.717) is 11.3 Å². The van der Waals surface area contributed by atoms with Crippen LogP contribution in [0.25, 0.3) is 6.08 Å². The fraction of sp³-hybridized carbons (Fsp3) is 0. The number of carboxylic acids is 1. The summed E-state index contributed by atoms with van der Waals surface area (Å²) in [5.41, 5.74) is 0.510. The third-order valence-electron chi connectivity index (χ3n) is 2.31. The molecular formula is C14H9BrFNO3. The molecule has 0 unspecified atom stereocenters. The average Bonchev–Trinajstić information content (AvgIpc) is 2.42. The van der Waals surface area contributed by atoms with Crippen LogP contribution in [0.2, 0.25) is 0 Å². The van der Waals surface area contributed by atoms with Crippen LogP contribution in [0.4, 0.5) is 4.39 Å². The molecule has 0 saturated heterocycles. The zero-order chi connectivity index (χ0) is 14.5. The van der Waals surface area contributed by atoms with Crippen molar-refractivity contribution in [2.24, 2.45) is 0 Å². The van der Waals surface area contributed by atoms with Crippen molar-refractivity contribution in [3.8, 4) is 11.6 Å². The Bertz CT molecular complexity index is 673. The van der Waals surface area contributed by atoms with Gasteiger partial charge in [0, 0.05) is 17.8 Å². The number of aromatic nitrogens is 1. The number of pyridine rings is 1. The lowest BCUT2D eigenvalue weighted by atomic mass is 10.2. The summed E-state index contributed by atoms with van der Waals surface area (Å²) in [6.07, 6.45) is 3.89. The molecule has 102 valence electrons. The van der Waals surface area contributed by atoms with Crippen LogP contribution in [0.5, 0.6) is 11.6 Å². The summed E-state index contributed by atoms with van der Waals surface area (Å²) in [5, 5.41) is 8.63. The SMILES string of the molecule is O=C(O)/C=C/c1cccnc1Oc1ccc(F)c(Br)c1. The minimum atomic E-state index is -1.07. The smallest absolute Gasteiger partial charge is 0.328 e. The summed E-state index contributed by atoms with van der Waals surface area (Å²) >= 11 is 3.06. The first-order valence-electron chi connectivity index (χ1n) is 5.55.